The molecule has 6 heteroatoms. The molecule has 0 radical (unpaired) electrons. The van der Waals surface area contributed by atoms with Crippen molar-refractivity contribution in [3.8, 4) is 10.7 Å². The molecule has 0 fully saturated rings. The minimum Gasteiger partial charge on any atom is -0.323 e. The van der Waals surface area contributed by atoms with Gasteiger partial charge in [-0.25, -0.2) is 13.8 Å². The monoisotopic (exact) mass is 304 g/mol. The number of thiophene rings is 1. The van der Waals surface area contributed by atoms with Crippen molar-refractivity contribution in [2.24, 2.45) is 0 Å². The molecule has 3 nitrogen and oxygen atoms in total. The van der Waals surface area contributed by atoms with Gasteiger partial charge in [0.1, 0.15) is 17.5 Å². The zero-order chi connectivity index (χ0) is 14.8. The molecule has 3 aromatic rings. The molecule has 0 N–H and O–H groups in total. The summed E-state index contributed by atoms with van der Waals surface area (Å²) in [6.45, 7) is -0.0897. The topological polar surface area (TPSA) is 34.9 Å². The first-order chi connectivity index (χ1) is 10.1. The maximum Gasteiger partial charge on any atom is 0.185 e. The van der Waals surface area contributed by atoms with Crippen molar-refractivity contribution >= 4 is 17.1 Å². The number of ketones is 1. The fourth-order valence-corrected chi connectivity index (χ4v) is 2.76. The molecule has 0 unspecified atom stereocenters. The Hall–Kier alpha value is -2.34. The third-order valence-electron chi connectivity index (χ3n) is 3.00. The first kappa shape index (κ1) is 13.6. The van der Waals surface area contributed by atoms with Crippen LogP contribution >= 0.6 is 11.3 Å². The molecule has 0 saturated heterocycles. The Bertz CT molecular complexity index is 781. The van der Waals surface area contributed by atoms with Gasteiger partial charge in [0, 0.05) is 12.4 Å². The Morgan fingerprint density at radius 1 is 1.29 bits per heavy atom. The van der Waals surface area contributed by atoms with E-state index in [4.69, 9.17) is 0 Å². The molecule has 3 rings (SSSR count). The van der Waals surface area contributed by atoms with Gasteiger partial charge in [-0.1, -0.05) is 6.07 Å². The summed E-state index contributed by atoms with van der Waals surface area (Å²) in [7, 11) is 0. The Kier molecular flexibility index (Phi) is 3.62. The van der Waals surface area contributed by atoms with E-state index in [0.29, 0.717) is 5.82 Å². The highest BCUT2D eigenvalue weighted by Crippen LogP contribution is 2.23. The molecule has 2 aromatic heterocycles. The predicted octanol–water partition coefficient (Wildman–Crippen LogP) is 3.77. The summed E-state index contributed by atoms with van der Waals surface area (Å²) < 4.78 is 28.4. The summed E-state index contributed by atoms with van der Waals surface area (Å²) in [4.78, 5) is 17.3. The highest BCUT2D eigenvalue weighted by atomic mass is 32.1. The molecule has 0 spiro atoms. The van der Waals surface area contributed by atoms with Crippen molar-refractivity contribution in [2.45, 2.75) is 6.54 Å². The van der Waals surface area contributed by atoms with Gasteiger partial charge in [0.15, 0.2) is 5.78 Å². The second-order valence-electron chi connectivity index (χ2n) is 4.40. The lowest BCUT2D eigenvalue weighted by Crippen LogP contribution is -2.12. The highest BCUT2D eigenvalue weighted by molar-refractivity contribution is 7.13. The van der Waals surface area contributed by atoms with Gasteiger partial charge >= 0.3 is 0 Å². The van der Waals surface area contributed by atoms with Crippen LogP contribution < -0.4 is 0 Å². The number of benzene rings is 1. The van der Waals surface area contributed by atoms with Crippen molar-refractivity contribution in [1.29, 1.82) is 0 Å². The number of hydrogen-bond donors (Lipinski definition) is 0. The van der Waals surface area contributed by atoms with E-state index < -0.39 is 17.4 Å². The number of imidazole rings is 1. The Balaban J connectivity index is 1.89. The van der Waals surface area contributed by atoms with Crippen molar-refractivity contribution in [1.82, 2.24) is 9.55 Å². The Morgan fingerprint density at radius 3 is 2.90 bits per heavy atom. The first-order valence-electron chi connectivity index (χ1n) is 6.18. The SMILES string of the molecule is O=C(Cn1ccnc1-c1cccs1)c1cc(F)ccc1F. The normalized spacial score (nSPS) is 10.8. The van der Waals surface area contributed by atoms with E-state index >= 15 is 0 Å². The van der Waals surface area contributed by atoms with E-state index in [0.717, 1.165) is 23.1 Å². The number of hydrogen-bond acceptors (Lipinski definition) is 3. The first-order valence-corrected chi connectivity index (χ1v) is 7.06. The van der Waals surface area contributed by atoms with Gasteiger partial charge < -0.3 is 4.57 Å². The van der Waals surface area contributed by atoms with Crippen LogP contribution in [0, 0.1) is 11.6 Å². The minimum atomic E-state index is -0.723. The molecular weight excluding hydrogens is 294 g/mol. The largest absolute Gasteiger partial charge is 0.323 e. The lowest BCUT2D eigenvalue weighted by molar-refractivity contribution is 0.0968. The van der Waals surface area contributed by atoms with E-state index in [1.807, 2.05) is 17.5 Å². The molecule has 0 aliphatic carbocycles. The van der Waals surface area contributed by atoms with Gasteiger partial charge in [0.05, 0.1) is 17.0 Å². The number of rotatable bonds is 4. The van der Waals surface area contributed by atoms with Gasteiger partial charge in [-0.05, 0) is 29.6 Å². The predicted molar refractivity (Wildman–Crippen MR) is 76.2 cm³/mol. The molecule has 21 heavy (non-hydrogen) atoms. The quantitative estimate of drug-likeness (QED) is 0.688. The summed E-state index contributed by atoms with van der Waals surface area (Å²) in [6.07, 6.45) is 3.22. The van der Waals surface area contributed by atoms with Crippen molar-refractivity contribution < 1.29 is 13.6 Å². The third kappa shape index (κ3) is 2.75. The molecule has 0 amide bonds. The van der Waals surface area contributed by atoms with E-state index in [-0.39, 0.29) is 12.1 Å². The van der Waals surface area contributed by atoms with Gasteiger partial charge in [-0.15, -0.1) is 11.3 Å². The van der Waals surface area contributed by atoms with Gasteiger partial charge in [0.2, 0.25) is 0 Å². The van der Waals surface area contributed by atoms with Crippen molar-refractivity contribution in [3.05, 3.63) is 65.3 Å². The maximum absolute atomic E-state index is 13.6. The number of carbonyl (C=O) groups excluding carboxylic acids is 1. The summed E-state index contributed by atoms with van der Waals surface area (Å²) in [5.41, 5.74) is -0.249. The molecule has 2 heterocycles. The van der Waals surface area contributed by atoms with Gasteiger partial charge in [0.25, 0.3) is 0 Å². The Morgan fingerprint density at radius 2 is 2.14 bits per heavy atom. The summed E-state index contributed by atoms with van der Waals surface area (Å²) >= 11 is 1.49. The average molecular weight is 304 g/mol. The Labute approximate surface area is 123 Å². The van der Waals surface area contributed by atoms with Gasteiger partial charge in [-0.3, -0.25) is 4.79 Å². The average Bonchev–Trinajstić information content (AvgIpc) is 3.11. The molecule has 0 aliphatic heterocycles. The standard InChI is InChI=1S/C15H10F2N2OS/c16-10-3-4-12(17)11(8-10)13(20)9-19-6-5-18-15(19)14-2-1-7-21-14/h1-8H,9H2. The summed E-state index contributed by atoms with van der Waals surface area (Å²) in [5, 5.41) is 1.91. The van der Waals surface area contributed by atoms with Crippen molar-refractivity contribution in [3.63, 3.8) is 0 Å². The molecule has 0 saturated carbocycles. The zero-order valence-corrected chi connectivity index (χ0v) is 11.6. The van der Waals surface area contributed by atoms with E-state index in [9.17, 15) is 13.6 Å². The number of nitrogens with zero attached hydrogens (tertiary/aromatic N) is 2. The molecular formula is C15H10F2N2OS. The molecule has 0 bridgehead atoms. The summed E-state index contributed by atoms with van der Waals surface area (Å²) in [6, 6.07) is 6.63. The lowest BCUT2D eigenvalue weighted by Gasteiger charge is -2.07. The smallest absolute Gasteiger partial charge is 0.185 e. The number of carbonyl (C=O) groups is 1. The molecule has 106 valence electrons. The second kappa shape index (κ2) is 5.57. The van der Waals surface area contributed by atoms with Crippen LogP contribution in [0.1, 0.15) is 10.4 Å². The van der Waals surface area contributed by atoms with Crippen LogP contribution in [0.5, 0.6) is 0 Å². The second-order valence-corrected chi connectivity index (χ2v) is 5.35. The molecule has 0 aliphatic rings. The number of halogens is 2. The van der Waals surface area contributed by atoms with Crippen LogP contribution in [0.25, 0.3) is 10.7 Å². The summed E-state index contributed by atoms with van der Waals surface area (Å²) in [5.74, 6) is -1.22. The van der Waals surface area contributed by atoms with E-state index in [1.165, 1.54) is 11.3 Å². The van der Waals surface area contributed by atoms with E-state index in [1.54, 1.807) is 17.0 Å². The third-order valence-corrected chi connectivity index (χ3v) is 3.87. The highest BCUT2D eigenvalue weighted by Gasteiger charge is 2.16. The van der Waals surface area contributed by atoms with Crippen LogP contribution in [-0.2, 0) is 6.54 Å². The molecule has 0 atom stereocenters. The van der Waals surface area contributed by atoms with Crippen LogP contribution in [0.3, 0.4) is 0 Å². The maximum atomic E-state index is 13.6. The number of Topliss-reactive ketones (excluding diaryl/α,β-unsaturated/α-hetero) is 1. The lowest BCUT2D eigenvalue weighted by atomic mass is 10.1. The van der Waals surface area contributed by atoms with Crippen LogP contribution in [0.15, 0.2) is 48.1 Å². The molecule has 1 aromatic carbocycles. The fourth-order valence-electron chi connectivity index (χ4n) is 2.02. The van der Waals surface area contributed by atoms with Crippen LogP contribution in [-0.4, -0.2) is 15.3 Å². The fraction of sp³-hybridized carbons (Fsp3) is 0.0667. The van der Waals surface area contributed by atoms with Crippen LogP contribution in [0.4, 0.5) is 8.78 Å². The van der Waals surface area contributed by atoms with Gasteiger partial charge in [-0.2, -0.15) is 0 Å². The van der Waals surface area contributed by atoms with E-state index in [2.05, 4.69) is 4.98 Å². The minimum absolute atomic E-state index is 0.0897. The van der Waals surface area contributed by atoms with Crippen molar-refractivity contribution in [2.75, 3.05) is 0 Å². The zero-order valence-electron chi connectivity index (χ0n) is 10.8. The number of aromatic nitrogens is 2. The van der Waals surface area contributed by atoms with Crippen LogP contribution in [0.2, 0.25) is 0 Å².